The number of sulfone groups is 1. The quantitative estimate of drug-likeness (QED) is 0.304. The van der Waals surface area contributed by atoms with Crippen LogP contribution >= 0.6 is 11.6 Å². The molecule has 1 aliphatic heterocycles. The molecule has 0 spiro atoms. The van der Waals surface area contributed by atoms with Crippen LogP contribution < -0.4 is 4.90 Å². The van der Waals surface area contributed by atoms with E-state index in [1.165, 1.54) is 6.08 Å². The van der Waals surface area contributed by atoms with Crippen LogP contribution in [0.3, 0.4) is 0 Å². The van der Waals surface area contributed by atoms with Crippen LogP contribution in [0.25, 0.3) is 6.08 Å². The zero-order valence-electron chi connectivity index (χ0n) is 15.2. The van der Waals surface area contributed by atoms with Gasteiger partial charge in [0.25, 0.3) is 0 Å². The van der Waals surface area contributed by atoms with Crippen molar-refractivity contribution in [2.45, 2.75) is 13.8 Å². The Balaban J connectivity index is 2.27. The smallest absolute Gasteiger partial charge is 0.345 e. The lowest BCUT2D eigenvalue weighted by molar-refractivity contribution is -0.146. The second-order valence-electron chi connectivity index (χ2n) is 5.84. The third kappa shape index (κ3) is 5.71. The number of carbonyl (C=O) groups is 2. The number of ether oxygens (including phenoxy) is 2. The Morgan fingerprint density at radius 2 is 1.67 bits per heavy atom. The van der Waals surface area contributed by atoms with Gasteiger partial charge in [-0.25, -0.2) is 18.0 Å². The largest absolute Gasteiger partial charge is 0.462 e. The summed E-state index contributed by atoms with van der Waals surface area (Å²) in [6.07, 6.45) is 1.34. The Morgan fingerprint density at radius 3 is 2.15 bits per heavy atom. The van der Waals surface area contributed by atoms with Crippen LogP contribution in [-0.4, -0.2) is 58.2 Å². The van der Waals surface area contributed by atoms with Crippen molar-refractivity contribution in [2.75, 3.05) is 42.7 Å². The summed E-state index contributed by atoms with van der Waals surface area (Å²) in [6, 6.07) is 5.11. The van der Waals surface area contributed by atoms with Crippen molar-refractivity contribution in [1.29, 1.82) is 0 Å². The van der Waals surface area contributed by atoms with Crippen molar-refractivity contribution in [3.63, 3.8) is 0 Å². The molecule has 7 nitrogen and oxygen atoms in total. The second-order valence-corrected chi connectivity index (χ2v) is 8.55. The Labute approximate surface area is 163 Å². The van der Waals surface area contributed by atoms with E-state index in [4.69, 9.17) is 21.1 Å². The van der Waals surface area contributed by atoms with Gasteiger partial charge in [-0.3, -0.25) is 0 Å². The topological polar surface area (TPSA) is 90.0 Å². The van der Waals surface area contributed by atoms with Gasteiger partial charge in [0.1, 0.15) is 5.57 Å². The molecule has 0 atom stereocenters. The van der Waals surface area contributed by atoms with Crippen molar-refractivity contribution in [1.82, 2.24) is 0 Å². The van der Waals surface area contributed by atoms with E-state index in [0.29, 0.717) is 23.7 Å². The van der Waals surface area contributed by atoms with Crippen LogP contribution in [0.15, 0.2) is 23.8 Å². The molecular weight excluding hydrogens is 394 g/mol. The summed E-state index contributed by atoms with van der Waals surface area (Å²) in [4.78, 5) is 26.0. The molecule has 148 valence electrons. The van der Waals surface area contributed by atoms with Gasteiger partial charge >= 0.3 is 11.9 Å². The molecule has 1 aliphatic rings. The average molecular weight is 416 g/mol. The van der Waals surface area contributed by atoms with Gasteiger partial charge in [0.05, 0.1) is 24.7 Å². The van der Waals surface area contributed by atoms with Crippen LogP contribution in [0.5, 0.6) is 0 Å². The van der Waals surface area contributed by atoms with Gasteiger partial charge < -0.3 is 14.4 Å². The molecule has 1 aromatic rings. The zero-order valence-corrected chi connectivity index (χ0v) is 16.8. The van der Waals surface area contributed by atoms with E-state index in [1.807, 2.05) is 4.90 Å². The van der Waals surface area contributed by atoms with Crippen molar-refractivity contribution >= 4 is 45.1 Å². The first-order valence-corrected chi connectivity index (χ1v) is 10.8. The number of carbonyl (C=O) groups excluding carboxylic acids is 2. The third-order valence-electron chi connectivity index (χ3n) is 3.98. The van der Waals surface area contributed by atoms with Crippen molar-refractivity contribution in [2.24, 2.45) is 0 Å². The van der Waals surface area contributed by atoms with E-state index >= 15 is 0 Å². The standard InChI is InChI=1S/C18H22ClNO6S/c1-3-25-17(21)15(18(22)26-4-2)11-13-5-6-14(12-16(13)19)20-7-9-27(23,24)10-8-20/h5-6,11-12H,3-4,7-10H2,1-2H3. The monoisotopic (exact) mass is 415 g/mol. The molecule has 27 heavy (non-hydrogen) atoms. The summed E-state index contributed by atoms with van der Waals surface area (Å²) in [6.45, 7) is 4.32. The molecule has 1 aromatic carbocycles. The Hall–Kier alpha value is -2.06. The van der Waals surface area contributed by atoms with Crippen LogP contribution in [0, 0.1) is 0 Å². The number of halogens is 1. The van der Waals surface area contributed by atoms with E-state index < -0.39 is 21.8 Å². The second kappa shape index (κ2) is 9.23. The molecule has 0 aromatic heterocycles. The molecule has 2 rings (SSSR count). The predicted molar refractivity (Wildman–Crippen MR) is 104 cm³/mol. The van der Waals surface area contributed by atoms with Crippen molar-refractivity contribution in [3.05, 3.63) is 34.4 Å². The molecule has 0 bridgehead atoms. The molecule has 1 saturated heterocycles. The lowest BCUT2D eigenvalue weighted by atomic mass is 10.1. The minimum Gasteiger partial charge on any atom is -0.462 e. The molecule has 0 saturated carbocycles. The SMILES string of the molecule is CCOC(=O)C(=Cc1ccc(N2CCS(=O)(=O)CC2)cc1Cl)C(=O)OCC. The highest BCUT2D eigenvalue weighted by molar-refractivity contribution is 7.91. The number of hydrogen-bond donors (Lipinski definition) is 0. The first-order valence-electron chi connectivity index (χ1n) is 8.58. The summed E-state index contributed by atoms with van der Waals surface area (Å²) in [7, 11) is -2.97. The van der Waals surface area contributed by atoms with E-state index in [-0.39, 0.29) is 30.3 Å². The summed E-state index contributed by atoms with van der Waals surface area (Å²) in [5.74, 6) is -1.36. The van der Waals surface area contributed by atoms with Gasteiger partial charge in [-0.2, -0.15) is 0 Å². The van der Waals surface area contributed by atoms with E-state index in [2.05, 4.69) is 0 Å². The van der Waals surface area contributed by atoms with Crippen LogP contribution in [0.2, 0.25) is 5.02 Å². The van der Waals surface area contributed by atoms with Crippen LogP contribution in [-0.2, 0) is 28.9 Å². The Kier molecular flexibility index (Phi) is 7.26. The zero-order chi connectivity index (χ0) is 20.0. The van der Waals surface area contributed by atoms with Gasteiger partial charge in [0.2, 0.25) is 0 Å². The van der Waals surface area contributed by atoms with Crippen LogP contribution in [0.4, 0.5) is 5.69 Å². The molecule has 9 heteroatoms. The number of anilines is 1. The lowest BCUT2D eigenvalue weighted by Gasteiger charge is -2.29. The minimum atomic E-state index is -2.97. The molecule has 0 aliphatic carbocycles. The molecule has 1 heterocycles. The van der Waals surface area contributed by atoms with E-state index in [9.17, 15) is 18.0 Å². The molecular formula is C18H22ClNO6S. The fourth-order valence-electron chi connectivity index (χ4n) is 2.57. The molecule has 0 unspecified atom stereocenters. The Bertz CT molecular complexity index is 815. The fraction of sp³-hybridized carbons (Fsp3) is 0.444. The normalized spacial score (nSPS) is 15.7. The first kappa shape index (κ1) is 21.2. The lowest BCUT2D eigenvalue weighted by Crippen LogP contribution is -2.40. The highest BCUT2D eigenvalue weighted by atomic mass is 35.5. The summed E-state index contributed by atoms with van der Waals surface area (Å²) in [5.41, 5.74) is 0.999. The van der Waals surface area contributed by atoms with Crippen molar-refractivity contribution < 1.29 is 27.5 Å². The maximum Gasteiger partial charge on any atom is 0.345 e. The molecule has 0 radical (unpaired) electrons. The summed E-state index contributed by atoms with van der Waals surface area (Å²) in [5, 5.41) is 0.326. The predicted octanol–water partition coefficient (Wildman–Crippen LogP) is 2.08. The molecule has 1 fully saturated rings. The number of benzene rings is 1. The van der Waals surface area contributed by atoms with Gasteiger partial charge in [-0.05, 0) is 37.6 Å². The van der Waals surface area contributed by atoms with Gasteiger partial charge in [0.15, 0.2) is 9.84 Å². The third-order valence-corrected chi connectivity index (χ3v) is 5.92. The number of esters is 2. The van der Waals surface area contributed by atoms with Gasteiger partial charge in [0, 0.05) is 23.8 Å². The highest BCUT2D eigenvalue weighted by Crippen LogP contribution is 2.27. The summed E-state index contributed by atoms with van der Waals surface area (Å²) < 4.78 is 32.9. The number of nitrogens with zero attached hydrogens (tertiary/aromatic N) is 1. The van der Waals surface area contributed by atoms with E-state index in [1.54, 1.807) is 32.0 Å². The number of rotatable bonds is 6. The average Bonchev–Trinajstić information content (AvgIpc) is 2.61. The number of hydrogen-bond acceptors (Lipinski definition) is 7. The summed E-state index contributed by atoms with van der Waals surface area (Å²) >= 11 is 6.32. The van der Waals surface area contributed by atoms with Crippen LogP contribution in [0.1, 0.15) is 19.4 Å². The first-order chi connectivity index (χ1) is 12.8. The fourth-order valence-corrected chi connectivity index (χ4v) is 4.01. The molecule has 0 amide bonds. The molecule has 0 N–H and O–H groups in total. The minimum absolute atomic E-state index is 0.0993. The highest BCUT2D eigenvalue weighted by Gasteiger charge is 2.23. The Morgan fingerprint density at radius 1 is 1.11 bits per heavy atom. The van der Waals surface area contributed by atoms with Gasteiger partial charge in [-0.1, -0.05) is 17.7 Å². The maximum atomic E-state index is 12.1. The van der Waals surface area contributed by atoms with Crippen molar-refractivity contribution in [3.8, 4) is 0 Å². The maximum absolute atomic E-state index is 12.1. The van der Waals surface area contributed by atoms with Gasteiger partial charge in [-0.15, -0.1) is 0 Å². The van der Waals surface area contributed by atoms with E-state index in [0.717, 1.165) is 5.69 Å².